The predicted octanol–water partition coefficient (Wildman–Crippen LogP) is -0.354. The minimum atomic E-state index is -2.48. The molecule has 0 aromatic rings. The van der Waals surface area contributed by atoms with Gasteiger partial charge in [0.15, 0.2) is 0 Å². The Balaban J connectivity index is 2.34. The molecule has 0 saturated carbocycles. The number of amides is 2. The molecule has 1 atom stereocenters. The van der Waals surface area contributed by atoms with Crippen molar-refractivity contribution in [1.82, 2.24) is 10.6 Å². The van der Waals surface area contributed by atoms with Gasteiger partial charge in [0.25, 0.3) is 6.43 Å². The largest absolute Gasteiger partial charge is 0.300 e. The Morgan fingerprint density at radius 3 is 2.77 bits per heavy atom. The molecule has 1 heterocycles. The summed E-state index contributed by atoms with van der Waals surface area (Å²) in [6.07, 6.45) is -1.99. The number of hydrogen-bond donors (Lipinski definition) is 2. The lowest BCUT2D eigenvalue weighted by atomic mass is 10.1. The molecule has 0 aromatic heterocycles. The summed E-state index contributed by atoms with van der Waals surface area (Å²) < 4.78 is 23.5. The van der Waals surface area contributed by atoms with Crippen molar-refractivity contribution in [3.05, 3.63) is 0 Å². The second kappa shape index (κ2) is 4.27. The summed E-state index contributed by atoms with van der Waals surface area (Å²) in [6.45, 7) is -0.522. The summed E-state index contributed by atoms with van der Waals surface area (Å²) in [5, 5.41) is 4.44. The van der Waals surface area contributed by atoms with Gasteiger partial charge in [-0.15, -0.1) is 0 Å². The normalized spacial score (nSPS) is 23.5. The number of rotatable bonds is 3. The Bertz CT molecular complexity index is 221. The van der Waals surface area contributed by atoms with Gasteiger partial charge >= 0.3 is 0 Å². The minimum absolute atomic E-state index is 0.201. The van der Waals surface area contributed by atoms with Crippen LogP contribution in [0.1, 0.15) is 12.8 Å². The Morgan fingerprint density at radius 1 is 1.54 bits per heavy atom. The molecule has 1 aliphatic rings. The van der Waals surface area contributed by atoms with Crippen LogP contribution in [-0.2, 0) is 9.59 Å². The van der Waals surface area contributed by atoms with E-state index in [0.717, 1.165) is 0 Å². The van der Waals surface area contributed by atoms with Gasteiger partial charge in [-0.3, -0.25) is 14.9 Å². The molecule has 1 aliphatic heterocycles. The van der Waals surface area contributed by atoms with Gasteiger partial charge < -0.3 is 5.32 Å². The van der Waals surface area contributed by atoms with Crippen molar-refractivity contribution in [3.63, 3.8) is 0 Å². The summed E-state index contributed by atoms with van der Waals surface area (Å²) in [5.41, 5.74) is 0. The lowest BCUT2D eigenvalue weighted by molar-refractivity contribution is -0.134. The highest BCUT2D eigenvalue weighted by molar-refractivity contribution is 6.00. The summed E-state index contributed by atoms with van der Waals surface area (Å²) in [4.78, 5) is 21.6. The molecule has 2 amide bonds. The maximum atomic E-state index is 11.7. The average molecular weight is 192 g/mol. The molecule has 1 unspecified atom stereocenters. The smallest absolute Gasteiger partial charge is 0.250 e. The Kier molecular flexibility index (Phi) is 3.30. The maximum absolute atomic E-state index is 11.7. The summed E-state index contributed by atoms with van der Waals surface area (Å²) >= 11 is 0. The van der Waals surface area contributed by atoms with Crippen LogP contribution in [0.2, 0.25) is 0 Å². The molecule has 1 rings (SSSR count). The molecule has 0 bridgehead atoms. The van der Waals surface area contributed by atoms with Crippen LogP contribution >= 0.6 is 0 Å². The van der Waals surface area contributed by atoms with Gasteiger partial charge in [0.05, 0.1) is 12.6 Å². The highest BCUT2D eigenvalue weighted by Gasteiger charge is 2.26. The molecule has 0 aromatic carbocycles. The minimum Gasteiger partial charge on any atom is -0.300 e. The molecule has 0 radical (unpaired) electrons. The standard InChI is InChI=1S/C7H10F2N2O2/c8-5(9)3-10-4-1-2-6(12)11-7(4)13/h4-5,10H,1-3H2,(H,11,12,13). The van der Waals surface area contributed by atoms with E-state index in [1.54, 1.807) is 0 Å². The van der Waals surface area contributed by atoms with Gasteiger partial charge in [0.2, 0.25) is 11.8 Å². The third-order valence-corrected chi connectivity index (χ3v) is 1.76. The van der Waals surface area contributed by atoms with E-state index in [4.69, 9.17) is 0 Å². The lowest BCUT2D eigenvalue weighted by Gasteiger charge is -2.21. The molecule has 2 N–H and O–H groups in total. The van der Waals surface area contributed by atoms with E-state index in [1.807, 2.05) is 0 Å². The molecular weight excluding hydrogens is 182 g/mol. The highest BCUT2D eigenvalue weighted by Crippen LogP contribution is 2.04. The second-order valence-electron chi connectivity index (χ2n) is 2.80. The van der Waals surface area contributed by atoms with Crippen molar-refractivity contribution in [2.24, 2.45) is 0 Å². The van der Waals surface area contributed by atoms with Gasteiger partial charge in [-0.2, -0.15) is 0 Å². The van der Waals surface area contributed by atoms with E-state index in [-0.39, 0.29) is 18.7 Å². The van der Waals surface area contributed by atoms with Gasteiger partial charge in [-0.25, -0.2) is 8.78 Å². The zero-order valence-corrected chi connectivity index (χ0v) is 6.85. The van der Waals surface area contributed by atoms with E-state index in [2.05, 4.69) is 10.6 Å². The molecule has 74 valence electrons. The van der Waals surface area contributed by atoms with Crippen molar-refractivity contribution < 1.29 is 18.4 Å². The van der Waals surface area contributed by atoms with Gasteiger partial charge in [0.1, 0.15) is 0 Å². The predicted molar refractivity (Wildman–Crippen MR) is 40.2 cm³/mol. The quantitative estimate of drug-likeness (QED) is 0.601. The first-order valence-electron chi connectivity index (χ1n) is 3.95. The Morgan fingerprint density at radius 2 is 2.23 bits per heavy atom. The zero-order chi connectivity index (χ0) is 9.84. The number of nitrogens with one attached hydrogen (secondary N) is 2. The van der Waals surface area contributed by atoms with Crippen LogP contribution in [0.15, 0.2) is 0 Å². The molecule has 4 nitrogen and oxygen atoms in total. The van der Waals surface area contributed by atoms with Crippen LogP contribution < -0.4 is 10.6 Å². The van der Waals surface area contributed by atoms with E-state index < -0.39 is 24.9 Å². The van der Waals surface area contributed by atoms with E-state index >= 15 is 0 Å². The third-order valence-electron chi connectivity index (χ3n) is 1.76. The van der Waals surface area contributed by atoms with Gasteiger partial charge in [-0.1, -0.05) is 0 Å². The fourth-order valence-corrected chi connectivity index (χ4v) is 1.12. The number of halogens is 2. The lowest BCUT2D eigenvalue weighted by Crippen LogP contribution is -2.51. The second-order valence-corrected chi connectivity index (χ2v) is 2.80. The van der Waals surface area contributed by atoms with Crippen LogP contribution in [-0.4, -0.2) is 30.8 Å². The Labute approximate surface area is 73.7 Å². The molecule has 0 aliphatic carbocycles. The zero-order valence-electron chi connectivity index (χ0n) is 6.85. The van der Waals surface area contributed by atoms with Crippen molar-refractivity contribution in [2.45, 2.75) is 25.3 Å². The highest BCUT2D eigenvalue weighted by atomic mass is 19.3. The van der Waals surface area contributed by atoms with Gasteiger partial charge in [0, 0.05) is 6.42 Å². The number of imide groups is 1. The van der Waals surface area contributed by atoms with Crippen LogP contribution in [0.3, 0.4) is 0 Å². The van der Waals surface area contributed by atoms with Crippen LogP contribution in [0.25, 0.3) is 0 Å². The monoisotopic (exact) mass is 192 g/mol. The summed E-state index contributed by atoms with van der Waals surface area (Å²) in [5.74, 6) is -0.864. The first kappa shape index (κ1) is 10.0. The van der Waals surface area contributed by atoms with Crippen LogP contribution in [0, 0.1) is 0 Å². The number of alkyl halides is 2. The van der Waals surface area contributed by atoms with E-state index in [9.17, 15) is 18.4 Å². The first-order chi connectivity index (χ1) is 6.09. The molecule has 0 spiro atoms. The van der Waals surface area contributed by atoms with Crippen molar-refractivity contribution in [2.75, 3.05) is 6.54 Å². The van der Waals surface area contributed by atoms with Crippen molar-refractivity contribution in [3.8, 4) is 0 Å². The van der Waals surface area contributed by atoms with E-state index in [0.29, 0.717) is 0 Å². The fraction of sp³-hybridized carbons (Fsp3) is 0.714. The SMILES string of the molecule is O=C1CCC(NCC(F)F)C(=O)N1. The summed E-state index contributed by atoms with van der Waals surface area (Å²) in [6, 6.07) is -0.660. The number of hydrogen-bond acceptors (Lipinski definition) is 3. The average Bonchev–Trinajstić information content (AvgIpc) is 2.02. The van der Waals surface area contributed by atoms with Crippen LogP contribution in [0.4, 0.5) is 8.78 Å². The van der Waals surface area contributed by atoms with Crippen molar-refractivity contribution in [1.29, 1.82) is 0 Å². The number of carbonyl (C=O) groups is 2. The fourth-order valence-electron chi connectivity index (χ4n) is 1.12. The van der Waals surface area contributed by atoms with E-state index in [1.165, 1.54) is 0 Å². The molecule has 6 heteroatoms. The van der Waals surface area contributed by atoms with Crippen molar-refractivity contribution >= 4 is 11.8 Å². The number of carbonyl (C=O) groups excluding carboxylic acids is 2. The third kappa shape index (κ3) is 3.06. The molecule has 13 heavy (non-hydrogen) atoms. The maximum Gasteiger partial charge on any atom is 0.250 e. The molecule has 1 saturated heterocycles. The molecule has 1 fully saturated rings. The molecular formula is C7H10F2N2O2. The first-order valence-corrected chi connectivity index (χ1v) is 3.95. The topological polar surface area (TPSA) is 58.2 Å². The Hall–Kier alpha value is -1.04. The van der Waals surface area contributed by atoms with Crippen LogP contribution in [0.5, 0.6) is 0 Å². The van der Waals surface area contributed by atoms with Gasteiger partial charge in [-0.05, 0) is 6.42 Å². The summed E-state index contributed by atoms with van der Waals surface area (Å²) in [7, 11) is 0. The number of piperidine rings is 1.